The minimum atomic E-state index is -0.358. The van der Waals surface area contributed by atoms with E-state index in [2.05, 4.69) is 15.7 Å². The molecule has 146 valence electrons. The number of carbonyl (C=O) groups excluding carboxylic acids is 1. The fourth-order valence-electron chi connectivity index (χ4n) is 2.88. The summed E-state index contributed by atoms with van der Waals surface area (Å²) >= 11 is 6.92. The number of thiocarbonyl (C=S) groups is 1. The van der Waals surface area contributed by atoms with Gasteiger partial charge in [-0.1, -0.05) is 30.3 Å². The number of rotatable bonds is 6. The summed E-state index contributed by atoms with van der Waals surface area (Å²) in [5.41, 5.74) is 3.38. The number of anilines is 1. The van der Waals surface area contributed by atoms with Crippen LogP contribution >= 0.6 is 23.6 Å². The zero-order chi connectivity index (χ0) is 20.1. The van der Waals surface area contributed by atoms with Gasteiger partial charge in [0, 0.05) is 35.8 Å². The maximum Gasteiger partial charge on any atom is 0.341 e. The Morgan fingerprint density at radius 3 is 2.71 bits per heavy atom. The molecule has 0 radical (unpaired) electrons. The second kappa shape index (κ2) is 8.99. The van der Waals surface area contributed by atoms with Crippen LogP contribution < -0.4 is 10.6 Å². The first-order chi connectivity index (χ1) is 13.5. The van der Waals surface area contributed by atoms with E-state index < -0.39 is 0 Å². The average Bonchev–Trinajstić information content (AvgIpc) is 3.23. The third kappa shape index (κ3) is 4.58. The predicted octanol–water partition coefficient (Wildman–Crippen LogP) is 4.12. The van der Waals surface area contributed by atoms with Crippen LogP contribution in [0.5, 0.6) is 0 Å². The second-order valence-electron chi connectivity index (χ2n) is 6.15. The van der Waals surface area contributed by atoms with Crippen LogP contribution in [0.3, 0.4) is 0 Å². The summed E-state index contributed by atoms with van der Waals surface area (Å²) in [6.07, 6.45) is 3.70. The molecular weight excluding hydrogens is 392 g/mol. The number of nitrogens with zero attached hydrogens (tertiary/aromatic N) is 2. The summed E-state index contributed by atoms with van der Waals surface area (Å²) in [5, 5.41) is 11.6. The fourth-order valence-corrected chi connectivity index (χ4v) is 4.18. The van der Waals surface area contributed by atoms with Crippen LogP contribution in [0.15, 0.2) is 42.7 Å². The molecule has 0 spiro atoms. The van der Waals surface area contributed by atoms with E-state index in [0.29, 0.717) is 28.8 Å². The predicted molar refractivity (Wildman–Crippen MR) is 117 cm³/mol. The number of esters is 1. The minimum Gasteiger partial charge on any atom is -0.462 e. The molecule has 6 nitrogen and oxygen atoms in total. The Morgan fingerprint density at radius 1 is 1.32 bits per heavy atom. The summed E-state index contributed by atoms with van der Waals surface area (Å²) in [5.74, 6) is -0.358. The van der Waals surface area contributed by atoms with Gasteiger partial charge in [-0.15, -0.1) is 11.3 Å². The molecule has 0 fully saturated rings. The molecule has 1 aromatic carbocycles. The first kappa shape index (κ1) is 20.0. The van der Waals surface area contributed by atoms with E-state index in [9.17, 15) is 4.79 Å². The van der Waals surface area contributed by atoms with E-state index in [0.717, 1.165) is 21.6 Å². The number of benzene rings is 1. The van der Waals surface area contributed by atoms with E-state index in [1.54, 1.807) is 17.8 Å². The van der Waals surface area contributed by atoms with Gasteiger partial charge in [0.25, 0.3) is 0 Å². The van der Waals surface area contributed by atoms with Crippen LogP contribution in [-0.4, -0.2) is 27.5 Å². The summed E-state index contributed by atoms with van der Waals surface area (Å²) in [7, 11) is 1.87. The molecule has 2 aromatic heterocycles. The SMILES string of the molecule is CCOC(=O)c1c(NC(=S)NCc2cnn(C)c2)sc(C)c1-c1ccccc1. The Morgan fingerprint density at radius 2 is 2.07 bits per heavy atom. The lowest BCUT2D eigenvalue weighted by Gasteiger charge is -2.11. The lowest BCUT2D eigenvalue weighted by molar-refractivity contribution is 0.0529. The molecule has 0 aliphatic heterocycles. The number of carbonyl (C=O) groups is 1. The monoisotopic (exact) mass is 414 g/mol. The van der Waals surface area contributed by atoms with Crippen molar-refractivity contribution in [3.05, 3.63) is 58.7 Å². The molecular formula is C20H22N4O2S2. The lowest BCUT2D eigenvalue weighted by atomic mass is 10.0. The lowest BCUT2D eigenvalue weighted by Crippen LogP contribution is -2.28. The number of ether oxygens (including phenoxy) is 1. The van der Waals surface area contributed by atoms with Crippen LogP contribution in [-0.2, 0) is 18.3 Å². The number of hydrogen-bond donors (Lipinski definition) is 2. The van der Waals surface area contributed by atoms with Gasteiger partial charge in [-0.05, 0) is 31.6 Å². The van der Waals surface area contributed by atoms with Gasteiger partial charge in [-0.25, -0.2) is 4.79 Å². The molecule has 0 aliphatic rings. The molecule has 2 heterocycles. The van der Waals surface area contributed by atoms with Crippen molar-refractivity contribution in [2.24, 2.45) is 7.05 Å². The zero-order valence-corrected chi connectivity index (χ0v) is 17.6. The number of hydrogen-bond acceptors (Lipinski definition) is 5. The first-order valence-corrected chi connectivity index (χ1v) is 10.1. The highest BCUT2D eigenvalue weighted by atomic mass is 32.1. The van der Waals surface area contributed by atoms with Gasteiger partial charge in [-0.2, -0.15) is 5.10 Å². The van der Waals surface area contributed by atoms with Crippen molar-refractivity contribution >= 4 is 39.6 Å². The maximum absolute atomic E-state index is 12.7. The molecule has 0 aliphatic carbocycles. The number of thiophene rings is 1. The van der Waals surface area contributed by atoms with Gasteiger partial charge < -0.3 is 15.4 Å². The minimum absolute atomic E-state index is 0.311. The van der Waals surface area contributed by atoms with E-state index in [1.807, 2.05) is 50.5 Å². The highest BCUT2D eigenvalue weighted by Crippen LogP contribution is 2.40. The van der Waals surface area contributed by atoms with Crippen molar-refractivity contribution < 1.29 is 9.53 Å². The molecule has 2 N–H and O–H groups in total. The molecule has 0 saturated heterocycles. The Kier molecular flexibility index (Phi) is 6.43. The van der Waals surface area contributed by atoms with Crippen molar-refractivity contribution in [2.45, 2.75) is 20.4 Å². The third-order valence-corrected chi connectivity index (χ3v) is 5.33. The third-order valence-electron chi connectivity index (χ3n) is 4.06. The summed E-state index contributed by atoms with van der Waals surface area (Å²) in [4.78, 5) is 13.7. The molecule has 8 heteroatoms. The maximum atomic E-state index is 12.7. The molecule has 0 amide bonds. The Hall–Kier alpha value is -2.71. The highest BCUT2D eigenvalue weighted by molar-refractivity contribution is 7.80. The molecule has 0 saturated carbocycles. The van der Waals surface area contributed by atoms with Crippen LogP contribution in [0.25, 0.3) is 11.1 Å². The van der Waals surface area contributed by atoms with Gasteiger partial charge in [0.15, 0.2) is 5.11 Å². The zero-order valence-electron chi connectivity index (χ0n) is 16.0. The van der Waals surface area contributed by atoms with Crippen molar-refractivity contribution in [1.82, 2.24) is 15.1 Å². The van der Waals surface area contributed by atoms with Crippen molar-refractivity contribution in [1.29, 1.82) is 0 Å². The fraction of sp³-hybridized carbons (Fsp3) is 0.250. The standard InChI is InChI=1S/C20H22N4O2S2/c1-4-26-19(25)17-16(15-8-6-5-7-9-15)13(2)28-18(17)23-20(27)21-10-14-11-22-24(3)12-14/h5-9,11-12H,4,10H2,1-3H3,(H2,21,23,27). The van der Waals surface area contributed by atoms with E-state index in [1.165, 1.54) is 11.3 Å². The second-order valence-corrected chi connectivity index (χ2v) is 7.79. The molecule has 3 aromatic rings. The molecule has 28 heavy (non-hydrogen) atoms. The van der Waals surface area contributed by atoms with Crippen molar-refractivity contribution in [3.63, 3.8) is 0 Å². The van der Waals surface area contributed by atoms with Crippen LogP contribution in [0.2, 0.25) is 0 Å². The van der Waals surface area contributed by atoms with E-state index in [4.69, 9.17) is 17.0 Å². The van der Waals surface area contributed by atoms with Crippen LogP contribution in [0.4, 0.5) is 5.00 Å². The first-order valence-electron chi connectivity index (χ1n) is 8.88. The van der Waals surface area contributed by atoms with Crippen LogP contribution in [0, 0.1) is 6.92 Å². The number of aromatic nitrogens is 2. The van der Waals surface area contributed by atoms with Crippen molar-refractivity contribution in [3.8, 4) is 11.1 Å². The molecule has 0 unspecified atom stereocenters. The number of aryl methyl sites for hydroxylation is 2. The molecule has 0 bridgehead atoms. The van der Waals surface area contributed by atoms with Crippen LogP contribution in [0.1, 0.15) is 27.7 Å². The topological polar surface area (TPSA) is 68.2 Å². The smallest absolute Gasteiger partial charge is 0.341 e. The highest BCUT2D eigenvalue weighted by Gasteiger charge is 2.24. The largest absolute Gasteiger partial charge is 0.462 e. The Balaban J connectivity index is 1.85. The quantitative estimate of drug-likeness (QED) is 0.467. The summed E-state index contributed by atoms with van der Waals surface area (Å²) < 4.78 is 7.05. The Labute approximate surface area is 173 Å². The van der Waals surface area contributed by atoms with E-state index >= 15 is 0 Å². The Bertz CT molecular complexity index is 980. The van der Waals surface area contributed by atoms with Gasteiger partial charge in [0.1, 0.15) is 10.6 Å². The summed E-state index contributed by atoms with van der Waals surface area (Å²) in [6, 6.07) is 9.83. The van der Waals surface area contributed by atoms with Gasteiger partial charge in [0.05, 0.1) is 12.8 Å². The van der Waals surface area contributed by atoms with E-state index in [-0.39, 0.29) is 5.97 Å². The number of nitrogens with one attached hydrogen (secondary N) is 2. The van der Waals surface area contributed by atoms with Gasteiger partial charge in [0.2, 0.25) is 0 Å². The van der Waals surface area contributed by atoms with Gasteiger partial charge in [-0.3, -0.25) is 4.68 Å². The average molecular weight is 415 g/mol. The van der Waals surface area contributed by atoms with Crippen molar-refractivity contribution in [2.75, 3.05) is 11.9 Å². The molecule has 3 rings (SSSR count). The summed E-state index contributed by atoms with van der Waals surface area (Å²) in [6.45, 7) is 4.65. The molecule has 0 atom stereocenters. The van der Waals surface area contributed by atoms with Gasteiger partial charge >= 0.3 is 5.97 Å². The normalized spacial score (nSPS) is 10.5.